The van der Waals surface area contributed by atoms with E-state index in [1.165, 1.54) is 5.56 Å². The highest BCUT2D eigenvalue weighted by Crippen LogP contribution is 2.15. The quantitative estimate of drug-likeness (QED) is 0.558. The van der Waals surface area contributed by atoms with Crippen LogP contribution < -0.4 is 0 Å². The smallest absolute Gasteiger partial charge is 0.284 e. The maximum Gasteiger partial charge on any atom is 0.284 e. The van der Waals surface area contributed by atoms with Crippen molar-refractivity contribution < 1.29 is 8.42 Å². The fourth-order valence-corrected chi connectivity index (χ4v) is 3.48. The van der Waals surface area contributed by atoms with E-state index in [0.717, 1.165) is 11.1 Å². The van der Waals surface area contributed by atoms with Crippen molar-refractivity contribution in [3.05, 3.63) is 71.3 Å². The summed E-state index contributed by atoms with van der Waals surface area (Å²) < 4.78 is 29.5. The monoisotopic (exact) mass is 370 g/mol. The Kier molecular flexibility index (Phi) is 6.75. The first-order valence-electron chi connectivity index (χ1n) is 8.77. The molecule has 0 heterocycles. The first kappa shape index (κ1) is 19.9. The summed E-state index contributed by atoms with van der Waals surface area (Å²) in [6, 6.07) is 14.8. The fraction of sp³-hybridized carbons (Fsp3) is 0.286. The van der Waals surface area contributed by atoms with Crippen LogP contribution in [0.4, 0.5) is 0 Å². The molecule has 26 heavy (non-hydrogen) atoms. The van der Waals surface area contributed by atoms with Gasteiger partial charge in [-0.15, -0.1) is 4.40 Å². The Morgan fingerprint density at radius 2 is 1.42 bits per heavy atom. The summed E-state index contributed by atoms with van der Waals surface area (Å²) in [5.41, 5.74) is 3.20. The Morgan fingerprint density at radius 3 is 1.92 bits per heavy atom. The van der Waals surface area contributed by atoms with Crippen molar-refractivity contribution in [1.82, 2.24) is 4.90 Å². The van der Waals surface area contributed by atoms with Crippen LogP contribution in [0.3, 0.4) is 0 Å². The summed E-state index contributed by atoms with van der Waals surface area (Å²) in [6.07, 6.45) is 3.66. The standard InChI is InChI=1S/C21H26N2O2S/c1-5-23(6-2)21(16-13-19-11-7-17(3)8-12-19)22-26(24,25)20-14-9-18(4)10-15-20/h7-16H,5-6H2,1-4H3/b16-13+,22-21-. The summed E-state index contributed by atoms with van der Waals surface area (Å²) in [7, 11) is -3.76. The molecule has 0 unspecified atom stereocenters. The number of amidine groups is 1. The highest BCUT2D eigenvalue weighted by molar-refractivity contribution is 7.90. The third kappa shape index (κ3) is 5.30. The van der Waals surface area contributed by atoms with Crippen LogP contribution in [0.5, 0.6) is 0 Å². The lowest BCUT2D eigenvalue weighted by Gasteiger charge is -2.20. The highest BCUT2D eigenvalue weighted by Gasteiger charge is 2.15. The highest BCUT2D eigenvalue weighted by atomic mass is 32.2. The molecule has 5 heteroatoms. The van der Waals surface area contributed by atoms with Crippen LogP contribution in [0.15, 0.2) is 63.9 Å². The average Bonchev–Trinajstić information content (AvgIpc) is 2.62. The maximum absolute atomic E-state index is 12.7. The van der Waals surface area contributed by atoms with Crippen LogP contribution in [0.25, 0.3) is 6.08 Å². The van der Waals surface area contributed by atoms with E-state index in [1.807, 2.05) is 62.9 Å². The summed E-state index contributed by atoms with van der Waals surface area (Å²) in [5, 5.41) is 0. The minimum atomic E-state index is -3.76. The zero-order chi connectivity index (χ0) is 19.2. The van der Waals surface area contributed by atoms with Crippen LogP contribution in [-0.2, 0) is 10.0 Å². The van der Waals surface area contributed by atoms with Gasteiger partial charge in [-0.3, -0.25) is 0 Å². The zero-order valence-corrected chi connectivity index (χ0v) is 16.6. The molecule has 0 fully saturated rings. The lowest BCUT2D eigenvalue weighted by molar-refractivity contribution is 0.468. The number of hydrogen-bond donors (Lipinski definition) is 0. The molecule has 0 aliphatic rings. The average molecular weight is 371 g/mol. The molecule has 0 aliphatic heterocycles. The molecule has 4 nitrogen and oxygen atoms in total. The maximum atomic E-state index is 12.7. The van der Waals surface area contributed by atoms with Gasteiger partial charge >= 0.3 is 0 Å². The van der Waals surface area contributed by atoms with Gasteiger partial charge in [0.1, 0.15) is 5.84 Å². The normalized spacial score (nSPS) is 12.5. The van der Waals surface area contributed by atoms with Crippen LogP contribution in [-0.4, -0.2) is 32.2 Å². The number of sulfonamides is 1. The van der Waals surface area contributed by atoms with Crippen molar-refractivity contribution in [2.45, 2.75) is 32.6 Å². The van der Waals surface area contributed by atoms with E-state index in [-0.39, 0.29) is 4.90 Å². The molecule has 138 valence electrons. The Bertz CT molecular complexity index is 877. The van der Waals surface area contributed by atoms with Gasteiger partial charge in [0.2, 0.25) is 0 Å². The molecule has 0 saturated carbocycles. The van der Waals surface area contributed by atoms with E-state index in [2.05, 4.69) is 4.40 Å². The summed E-state index contributed by atoms with van der Waals surface area (Å²) in [6.45, 7) is 9.28. The molecule has 0 saturated heterocycles. The molecule has 0 amide bonds. The van der Waals surface area contributed by atoms with Gasteiger partial charge < -0.3 is 4.90 Å². The number of nitrogens with zero attached hydrogens (tertiary/aromatic N) is 2. The van der Waals surface area contributed by atoms with E-state index in [4.69, 9.17) is 0 Å². The Morgan fingerprint density at radius 1 is 0.923 bits per heavy atom. The minimum Gasteiger partial charge on any atom is -0.357 e. The van der Waals surface area contributed by atoms with Crippen molar-refractivity contribution in [3.8, 4) is 0 Å². The van der Waals surface area contributed by atoms with Gasteiger partial charge in [0.05, 0.1) is 4.90 Å². The van der Waals surface area contributed by atoms with Crippen LogP contribution in [0.1, 0.15) is 30.5 Å². The third-order valence-corrected chi connectivity index (χ3v) is 5.42. The first-order chi connectivity index (χ1) is 12.4. The van der Waals surface area contributed by atoms with Crippen LogP contribution >= 0.6 is 0 Å². The largest absolute Gasteiger partial charge is 0.357 e. The lowest BCUT2D eigenvalue weighted by atomic mass is 10.1. The Balaban J connectivity index is 2.41. The van der Waals surface area contributed by atoms with Crippen molar-refractivity contribution in [1.29, 1.82) is 0 Å². The second kappa shape index (κ2) is 8.81. The van der Waals surface area contributed by atoms with E-state index in [9.17, 15) is 8.42 Å². The van der Waals surface area contributed by atoms with E-state index >= 15 is 0 Å². The Hall–Kier alpha value is -2.40. The molecule has 0 radical (unpaired) electrons. The number of hydrogen-bond acceptors (Lipinski definition) is 2. The number of aryl methyl sites for hydroxylation is 2. The van der Waals surface area contributed by atoms with E-state index < -0.39 is 10.0 Å². The first-order valence-corrected chi connectivity index (χ1v) is 10.2. The number of likely N-dealkylation sites (N-methyl/N-ethyl adjacent to an activating group) is 1. The molecule has 0 spiro atoms. The second-order valence-electron chi connectivity index (χ2n) is 6.15. The van der Waals surface area contributed by atoms with Gasteiger partial charge in [-0.2, -0.15) is 8.42 Å². The molecule has 2 aromatic carbocycles. The SMILES string of the molecule is CCN(CC)C(/C=C/c1ccc(C)cc1)=N\S(=O)(=O)c1ccc(C)cc1. The molecule has 2 rings (SSSR count). The molecule has 0 aliphatic carbocycles. The van der Waals surface area contributed by atoms with Crippen LogP contribution in [0.2, 0.25) is 0 Å². The lowest BCUT2D eigenvalue weighted by Crippen LogP contribution is -2.30. The van der Waals surface area contributed by atoms with E-state index in [1.54, 1.807) is 30.3 Å². The molecule has 0 aromatic heterocycles. The van der Waals surface area contributed by atoms with Crippen molar-refractivity contribution >= 4 is 21.9 Å². The summed E-state index contributed by atoms with van der Waals surface area (Å²) in [5.74, 6) is 0.441. The second-order valence-corrected chi connectivity index (χ2v) is 7.76. The van der Waals surface area contributed by atoms with Crippen molar-refractivity contribution in [2.24, 2.45) is 4.40 Å². The third-order valence-electron chi connectivity index (χ3n) is 4.12. The molecular weight excluding hydrogens is 344 g/mol. The van der Waals surface area contributed by atoms with Crippen LogP contribution in [0, 0.1) is 13.8 Å². The fourth-order valence-electron chi connectivity index (χ4n) is 2.48. The Labute approximate surface area is 156 Å². The predicted octanol–water partition coefficient (Wildman–Crippen LogP) is 4.45. The number of rotatable bonds is 6. The van der Waals surface area contributed by atoms with Gasteiger partial charge in [0.15, 0.2) is 0 Å². The summed E-state index contributed by atoms with van der Waals surface area (Å²) >= 11 is 0. The van der Waals surface area contributed by atoms with Crippen molar-refractivity contribution in [3.63, 3.8) is 0 Å². The molecule has 0 atom stereocenters. The summed E-state index contributed by atoms with van der Waals surface area (Å²) in [4.78, 5) is 2.13. The molecular formula is C21H26N2O2S. The van der Waals surface area contributed by atoms with Gasteiger partial charge in [-0.05, 0) is 51.5 Å². The predicted molar refractivity (Wildman–Crippen MR) is 109 cm³/mol. The van der Waals surface area contributed by atoms with Gasteiger partial charge in [-0.25, -0.2) is 0 Å². The van der Waals surface area contributed by atoms with Crippen molar-refractivity contribution in [2.75, 3.05) is 13.1 Å². The topological polar surface area (TPSA) is 49.7 Å². The van der Waals surface area contributed by atoms with E-state index in [0.29, 0.717) is 18.9 Å². The molecule has 0 N–H and O–H groups in total. The van der Waals surface area contributed by atoms with Gasteiger partial charge in [-0.1, -0.05) is 53.6 Å². The van der Waals surface area contributed by atoms with Gasteiger partial charge in [0.25, 0.3) is 10.0 Å². The van der Waals surface area contributed by atoms with Gasteiger partial charge in [0, 0.05) is 13.1 Å². The number of benzene rings is 2. The molecule has 0 bridgehead atoms. The zero-order valence-electron chi connectivity index (χ0n) is 15.8. The molecule has 2 aromatic rings. The minimum absolute atomic E-state index is 0.205.